The van der Waals surface area contributed by atoms with Gasteiger partial charge in [-0.25, -0.2) is 9.97 Å². The molecule has 2 aromatic rings. The highest BCUT2D eigenvalue weighted by Gasteiger charge is 2.27. The molecule has 0 spiro atoms. The van der Waals surface area contributed by atoms with Crippen LogP contribution in [0.4, 0.5) is 23.3 Å². The van der Waals surface area contributed by atoms with Gasteiger partial charge < -0.3 is 30.3 Å². The third kappa shape index (κ3) is 7.10. The molecular weight excluding hydrogens is 458 g/mol. The molecule has 0 radical (unpaired) electrons. The fourth-order valence-electron chi connectivity index (χ4n) is 4.39. The van der Waals surface area contributed by atoms with E-state index in [0.717, 1.165) is 49.8 Å². The molecule has 0 bridgehead atoms. The van der Waals surface area contributed by atoms with E-state index in [9.17, 15) is 0 Å². The Balaban J connectivity index is 1.71. The van der Waals surface area contributed by atoms with E-state index < -0.39 is 0 Å². The van der Waals surface area contributed by atoms with Crippen LogP contribution >= 0.6 is 0 Å². The smallest absolute Gasteiger partial charge is 0.228 e. The molecule has 2 saturated heterocycles. The number of anilines is 4. The molecule has 2 fully saturated rings. The zero-order chi connectivity index (χ0) is 25.3. The van der Waals surface area contributed by atoms with Crippen LogP contribution < -0.4 is 26.3 Å². The number of nitrogens with one attached hydrogen (secondary N) is 3. The van der Waals surface area contributed by atoms with Gasteiger partial charge in [0.05, 0.1) is 26.4 Å². The Hall–Kier alpha value is -2.86. The topological polar surface area (TPSA) is 125 Å². The van der Waals surface area contributed by atoms with E-state index >= 15 is 0 Å². The number of aryl methyl sites for hydroxylation is 1. The summed E-state index contributed by atoms with van der Waals surface area (Å²) in [6.07, 6.45) is 1.79. The fraction of sp³-hybridized carbons (Fsp3) is 0.600. The van der Waals surface area contributed by atoms with Gasteiger partial charge in [0.15, 0.2) is 11.5 Å². The van der Waals surface area contributed by atoms with E-state index in [-0.39, 0.29) is 0 Å². The van der Waals surface area contributed by atoms with Crippen molar-refractivity contribution in [1.82, 2.24) is 25.2 Å². The minimum absolute atomic E-state index is 0.347. The average molecular weight is 499 g/mol. The normalized spacial score (nSPS) is 18.8. The summed E-state index contributed by atoms with van der Waals surface area (Å²) in [6, 6.07) is 4.32. The molecule has 0 saturated carbocycles. The van der Waals surface area contributed by atoms with Crippen molar-refractivity contribution in [1.29, 1.82) is 0 Å². The first-order valence-corrected chi connectivity index (χ1v) is 12.9. The molecule has 5 N–H and O–H groups in total. The number of nitrogens with two attached hydrogens (primary N) is 1. The van der Waals surface area contributed by atoms with Gasteiger partial charge in [0.25, 0.3) is 0 Å². The zero-order valence-corrected chi connectivity index (χ0v) is 21.7. The van der Waals surface area contributed by atoms with Crippen molar-refractivity contribution in [2.75, 3.05) is 87.8 Å². The van der Waals surface area contributed by atoms with Crippen molar-refractivity contribution in [3.05, 3.63) is 29.6 Å². The lowest BCUT2D eigenvalue weighted by Gasteiger charge is -2.32. The summed E-state index contributed by atoms with van der Waals surface area (Å²) in [6.45, 7) is 14.3. The summed E-state index contributed by atoms with van der Waals surface area (Å²) in [5, 5.41) is 17.2. The first-order valence-electron chi connectivity index (χ1n) is 12.9. The second kappa shape index (κ2) is 12.9. The molecule has 2 aliphatic rings. The number of rotatable bonds is 11. The van der Waals surface area contributed by atoms with E-state index in [1.807, 2.05) is 26.0 Å². The van der Waals surface area contributed by atoms with Crippen molar-refractivity contribution in [2.24, 2.45) is 0 Å². The third-order valence-corrected chi connectivity index (χ3v) is 6.26. The highest BCUT2D eigenvalue weighted by molar-refractivity contribution is 6.03. The van der Waals surface area contributed by atoms with Crippen molar-refractivity contribution >= 4 is 29.0 Å². The summed E-state index contributed by atoms with van der Waals surface area (Å²) in [5.41, 5.74) is 3.28. The molecule has 0 aliphatic carbocycles. The van der Waals surface area contributed by atoms with Crippen molar-refractivity contribution in [2.45, 2.75) is 26.8 Å². The summed E-state index contributed by atoms with van der Waals surface area (Å²) in [4.78, 5) is 19.0. The first-order chi connectivity index (χ1) is 17.5. The van der Waals surface area contributed by atoms with Gasteiger partial charge in [-0.15, -0.1) is 0 Å². The van der Waals surface area contributed by atoms with Crippen LogP contribution in [0.2, 0.25) is 0 Å². The number of morpholine rings is 1. The molecule has 2 aliphatic heterocycles. The van der Waals surface area contributed by atoms with Gasteiger partial charge >= 0.3 is 0 Å². The van der Waals surface area contributed by atoms with Gasteiger partial charge in [-0.3, -0.25) is 10.3 Å². The number of pyridine rings is 1. The van der Waals surface area contributed by atoms with Gasteiger partial charge in [-0.1, -0.05) is 0 Å². The monoisotopic (exact) mass is 498 g/mol. The maximum Gasteiger partial charge on any atom is 0.228 e. The van der Waals surface area contributed by atoms with Gasteiger partial charge in [0.2, 0.25) is 11.7 Å². The standard InChI is InChI=1S/C25H39N9O2/c1-4-35-12-8-29-23-22(20(26)17-33-10-13-36-14-11-33)31-25(34-9-7-27-19(3)16-34)32-24(23)30-21-15-18(2)5-6-28-21/h5-6,15,19,26-27,29H,4,7-14,16-17H2,1-3H3,(H,28,30,31,32)/p+1. The Labute approximate surface area is 213 Å². The quantitative estimate of drug-likeness (QED) is 0.249. The summed E-state index contributed by atoms with van der Waals surface area (Å²) in [5.74, 6) is 2.04. The third-order valence-electron chi connectivity index (χ3n) is 6.26. The number of hydrogen-bond donors (Lipinski definition) is 4. The van der Waals surface area contributed by atoms with Gasteiger partial charge in [0, 0.05) is 58.1 Å². The Morgan fingerprint density at radius 3 is 2.86 bits per heavy atom. The average Bonchev–Trinajstić information content (AvgIpc) is 2.87. The summed E-state index contributed by atoms with van der Waals surface area (Å²) in [7, 11) is 0. The summed E-state index contributed by atoms with van der Waals surface area (Å²) >= 11 is 0. The van der Waals surface area contributed by atoms with Crippen LogP contribution in [0.3, 0.4) is 0 Å². The van der Waals surface area contributed by atoms with Crippen molar-refractivity contribution in [3.63, 3.8) is 0 Å². The Morgan fingerprint density at radius 2 is 2.11 bits per heavy atom. The maximum absolute atomic E-state index is 6.77. The van der Waals surface area contributed by atoms with Crippen LogP contribution in [0.25, 0.3) is 0 Å². The van der Waals surface area contributed by atoms with E-state index in [2.05, 4.69) is 37.7 Å². The Kier molecular flexibility index (Phi) is 9.40. The Morgan fingerprint density at radius 1 is 1.28 bits per heavy atom. The maximum atomic E-state index is 6.77. The molecule has 196 valence electrons. The van der Waals surface area contributed by atoms with Crippen molar-refractivity contribution < 1.29 is 14.9 Å². The summed E-state index contributed by atoms with van der Waals surface area (Å²) < 4.78 is 11.1. The first kappa shape index (κ1) is 26.2. The minimum atomic E-state index is 0.347. The van der Waals surface area contributed by atoms with Crippen LogP contribution in [-0.2, 0) is 9.47 Å². The minimum Gasteiger partial charge on any atom is -0.380 e. The van der Waals surface area contributed by atoms with E-state index in [0.29, 0.717) is 68.7 Å². The predicted octanol–water partition coefficient (Wildman–Crippen LogP) is 0.0505. The van der Waals surface area contributed by atoms with Gasteiger partial charge in [-0.2, -0.15) is 4.98 Å². The predicted molar refractivity (Wildman–Crippen MR) is 142 cm³/mol. The molecule has 0 aromatic carbocycles. The molecule has 1 unspecified atom stereocenters. The second-order valence-corrected chi connectivity index (χ2v) is 9.28. The number of piperazine rings is 1. The fourth-order valence-corrected chi connectivity index (χ4v) is 4.39. The zero-order valence-electron chi connectivity index (χ0n) is 21.7. The van der Waals surface area contributed by atoms with Crippen LogP contribution in [0.5, 0.6) is 0 Å². The Bertz CT molecular complexity index is 1010. The molecule has 2 aromatic heterocycles. The number of ether oxygens (including phenoxy) is 2. The largest absolute Gasteiger partial charge is 0.380 e. The van der Waals surface area contributed by atoms with E-state index in [1.165, 1.54) is 0 Å². The van der Waals surface area contributed by atoms with E-state index in [1.54, 1.807) is 6.20 Å². The molecule has 36 heavy (non-hydrogen) atoms. The van der Waals surface area contributed by atoms with Gasteiger partial charge in [-0.05, 0) is 38.5 Å². The number of hydrogen-bond acceptors (Lipinski definition) is 10. The SMILES string of the molecule is CCOCCNc1c(Nc2cc(C)ccn2)nc(N2CCNC(C)C2)nc1C(=[NH2+])CN1CCOCC1. The molecule has 11 heteroatoms. The molecule has 4 rings (SSSR count). The van der Waals surface area contributed by atoms with Crippen LogP contribution in [0.15, 0.2) is 18.3 Å². The molecule has 11 nitrogen and oxygen atoms in total. The van der Waals surface area contributed by atoms with Crippen LogP contribution in [-0.4, -0.2) is 104 Å². The lowest BCUT2D eigenvalue weighted by Crippen LogP contribution is -2.51. The lowest BCUT2D eigenvalue weighted by molar-refractivity contribution is -0.117. The molecule has 4 heterocycles. The van der Waals surface area contributed by atoms with Crippen LogP contribution in [0.1, 0.15) is 25.1 Å². The number of nitrogens with zero attached hydrogens (tertiary/aromatic N) is 5. The van der Waals surface area contributed by atoms with Crippen LogP contribution in [0, 0.1) is 6.92 Å². The highest BCUT2D eigenvalue weighted by Crippen LogP contribution is 2.29. The number of aromatic nitrogens is 3. The molecule has 0 amide bonds. The highest BCUT2D eigenvalue weighted by atomic mass is 16.5. The molecule has 1 atom stereocenters. The van der Waals surface area contributed by atoms with Crippen molar-refractivity contribution in [3.8, 4) is 0 Å². The van der Waals surface area contributed by atoms with Gasteiger partial charge in [0.1, 0.15) is 11.5 Å². The lowest BCUT2D eigenvalue weighted by atomic mass is 10.1. The van der Waals surface area contributed by atoms with E-state index in [4.69, 9.17) is 24.9 Å². The molecular formula is C25H40N9O2+. The second-order valence-electron chi connectivity index (χ2n) is 9.28.